The third kappa shape index (κ3) is 5.89. The number of aryl methyl sites for hydroxylation is 4. The molecule has 1 aromatic heterocycles. The van der Waals surface area contributed by atoms with E-state index in [1.807, 2.05) is 0 Å². The topological polar surface area (TPSA) is 11.4 Å². The van der Waals surface area contributed by atoms with Crippen molar-refractivity contribution in [3.05, 3.63) is 209 Å². The second-order valence-electron chi connectivity index (χ2n) is 16.7. The van der Waals surface area contributed by atoms with Gasteiger partial charge in [0.2, 0.25) is 0 Å². The second-order valence-corrected chi connectivity index (χ2v) is 16.7. The minimum atomic E-state index is -0.212. The summed E-state index contributed by atoms with van der Waals surface area (Å²) in [6.45, 7) is 13.4. The van der Waals surface area contributed by atoms with Crippen molar-refractivity contribution in [1.29, 1.82) is 0 Å². The molecule has 0 saturated carbocycles. The Morgan fingerprint density at radius 1 is 0.362 bits per heavy atom. The van der Waals surface area contributed by atoms with Crippen LogP contribution in [0.1, 0.15) is 47.2 Å². The molecule has 0 amide bonds. The molecule has 3 heteroatoms. The van der Waals surface area contributed by atoms with Crippen LogP contribution in [0.25, 0.3) is 38.6 Å². The van der Waals surface area contributed by atoms with Gasteiger partial charge in [-0.25, -0.2) is 0 Å². The molecular formula is C55H47N3. The molecule has 0 unspecified atom stereocenters. The average Bonchev–Trinajstić information content (AvgIpc) is 3.67. The summed E-state index contributed by atoms with van der Waals surface area (Å²) in [7, 11) is 0. The van der Waals surface area contributed by atoms with Crippen LogP contribution in [0, 0.1) is 27.7 Å². The van der Waals surface area contributed by atoms with E-state index in [1.54, 1.807) is 0 Å². The van der Waals surface area contributed by atoms with Crippen molar-refractivity contribution < 1.29 is 0 Å². The molecule has 0 radical (unpaired) electrons. The number of anilines is 6. The van der Waals surface area contributed by atoms with Gasteiger partial charge in [-0.2, -0.15) is 0 Å². The van der Waals surface area contributed by atoms with E-state index in [9.17, 15) is 0 Å². The molecule has 282 valence electrons. The number of hydrogen-bond acceptors (Lipinski definition) is 2. The van der Waals surface area contributed by atoms with E-state index >= 15 is 0 Å². The Kier molecular flexibility index (Phi) is 8.38. The van der Waals surface area contributed by atoms with Crippen LogP contribution >= 0.6 is 0 Å². The quantitative estimate of drug-likeness (QED) is 0.161. The number of rotatable bonds is 7. The molecule has 10 rings (SSSR count). The number of nitrogens with zero attached hydrogens (tertiary/aromatic N) is 3. The van der Waals surface area contributed by atoms with Crippen molar-refractivity contribution in [2.24, 2.45) is 0 Å². The van der Waals surface area contributed by atoms with Crippen molar-refractivity contribution in [2.75, 3.05) is 9.80 Å². The van der Waals surface area contributed by atoms with E-state index in [-0.39, 0.29) is 5.41 Å². The lowest BCUT2D eigenvalue weighted by Gasteiger charge is -2.28. The number of fused-ring (bicyclic) bond motifs is 6. The number of aromatic nitrogens is 1. The van der Waals surface area contributed by atoms with Crippen LogP contribution in [0.2, 0.25) is 0 Å². The highest BCUT2D eigenvalue weighted by atomic mass is 15.1. The predicted molar refractivity (Wildman–Crippen MR) is 247 cm³/mol. The SMILES string of the molecule is Cc1ccc(N(c2ccc(C)cc2)c2ccc3c(c2)C(C)(C)c2cc4c5ccc(N(c6ccc(C)cc6)c6ccc(C)cc6)cc5n(-c5ccccc5)c4cc2-3)cc1. The van der Waals surface area contributed by atoms with E-state index in [4.69, 9.17) is 0 Å². The molecule has 0 aliphatic heterocycles. The van der Waals surface area contributed by atoms with Gasteiger partial charge in [-0.1, -0.05) is 115 Å². The van der Waals surface area contributed by atoms with Gasteiger partial charge in [-0.15, -0.1) is 0 Å². The fraction of sp³-hybridized carbons (Fsp3) is 0.127. The smallest absolute Gasteiger partial charge is 0.0561 e. The zero-order valence-electron chi connectivity index (χ0n) is 34.1. The zero-order chi connectivity index (χ0) is 39.7. The van der Waals surface area contributed by atoms with Crippen LogP contribution in [-0.2, 0) is 5.41 Å². The van der Waals surface area contributed by atoms with Gasteiger partial charge in [-0.3, -0.25) is 0 Å². The molecule has 58 heavy (non-hydrogen) atoms. The summed E-state index contributed by atoms with van der Waals surface area (Å²) in [5.74, 6) is 0. The summed E-state index contributed by atoms with van der Waals surface area (Å²) in [4.78, 5) is 4.76. The van der Waals surface area contributed by atoms with Crippen LogP contribution in [0.5, 0.6) is 0 Å². The molecule has 1 aliphatic carbocycles. The fourth-order valence-electron chi connectivity index (χ4n) is 9.02. The van der Waals surface area contributed by atoms with Crippen LogP contribution in [0.3, 0.4) is 0 Å². The molecule has 3 nitrogen and oxygen atoms in total. The first-order chi connectivity index (χ1) is 28.1. The summed E-state index contributed by atoms with van der Waals surface area (Å²) < 4.78 is 2.47. The largest absolute Gasteiger partial charge is 0.310 e. The van der Waals surface area contributed by atoms with Crippen molar-refractivity contribution in [3.63, 3.8) is 0 Å². The Bertz CT molecular complexity index is 2880. The molecule has 0 N–H and O–H groups in total. The summed E-state index contributed by atoms with van der Waals surface area (Å²) >= 11 is 0. The minimum Gasteiger partial charge on any atom is -0.310 e. The average molecular weight is 750 g/mol. The maximum absolute atomic E-state index is 2.49. The standard InChI is InChI=1S/C55H47N3/c1-36-12-20-41(21-13-36)56(42-22-14-37(2)15-23-42)45-28-30-47-49-35-54-50(34-52(49)55(5,6)51(47)32-45)48-31-29-46(33-53(48)58(54)40-10-8-7-9-11-40)57(43-24-16-38(3)17-25-43)44-26-18-39(4)19-27-44/h7-35H,1-6H3. The Hall–Kier alpha value is -6.84. The first-order valence-electron chi connectivity index (χ1n) is 20.3. The van der Waals surface area contributed by atoms with Gasteiger partial charge < -0.3 is 14.4 Å². The molecule has 0 spiro atoms. The lowest BCUT2D eigenvalue weighted by molar-refractivity contribution is 0.661. The van der Waals surface area contributed by atoms with Gasteiger partial charge in [-0.05, 0) is 147 Å². The minimum absolute atomic E-state index is 0.212. The zero-order valence-corrected chi connectivity index (χ0v) is 34.1. The second kappa shape index (κ2) is 13.7. The van der Waals surface area contributed by atoms with Gasteiger partial charge in [0.15, 0.2) is 0 Å². The highest BCUT2D eigenvalue weighted by Crippen LogP contribution is 2.53. The normalized spacial score (nSPS) is 12.8. The maximum Gasteiger partial charge on any atom is 0.0561 e. The third-order valence-electron chi connectivity index (χ3n) is 12.2. The predicted octanol–water partition coefficient (Wildman–Crippen LogP) is 15.3. The van der Waals surface area contributed by atoms with E-state index in [1.165, 1.54) is 66.3 Å². The lowest BCUT2D eigenvalue weighted by atomic mass is 9.82. The summed E-state index contributed by atoms with van der Waals surface area (Å²) in [6, 6.07) is 65.3. The van der Waals surface area contributed by atoms with E-state index in [2.05, 4.69) is 232 Å². The molecule has 0 fully saturated rings. The summed E-state index contributed by atoms with van der Waals surface area (Å²) in [5.41, 5.74) is 20.5. The van der Waals surface area contributed by atoms with Crippen LogP contribution in [0.4, 0.5) is 34.1 Å². The highest BCUT2D eigenvalue weighted by Gasteiger charge is 2.37. The first-order valence-corrected chi connectivity index (χ1v) is 20.3. The monoisotopic (exact) mass is 749 g/mol. The van der Waals surface area contributed by atoms with Crippen molar-refractivity contribution in [1.82, 2.24) is 4.57 Å². The third-order valence-corrected chi connectivity index (χ3v) is 12.2. The van der Waals surface area contributed by atoms with Gasteiger partial charge >= 0.3 is 0 Å². The molecule has 9 aromatic rings. The Labute approximate surface area is 342 Å². The molecule has 1 aliphatic rings. The van der Waals surface area contributed by atoms with Crippen LogP contribution in [-0.4, -0.2) is 4.57 Å². The number of benzene rings is 8. The molecule has 0 atom stereocenters. The molecular weight excluding hydrogens is 703 g/mol. The van der Waals surface area contributed by atoms with Gasteiger partial charge in [0.05, 0.1) is 11.0 Å². The fourth-order valence-corrected chi connectivity index (χ4v) is 9.02. The van der Waals surface area contributed by atoms with Crippen LogP contribution < -0.4 is 9.80 Å². The molecule has 8 aromatic carbocycles. The highest BCUT2D eigenvalue weighted by molar-refractivity contribution is 6.12. The van der Waals surface area contributed by atoms with E-state index in [0.717, 1.165) is 39.8 Å². The Morgan fingerprint density at radius 3 is 1.28 bits per heavy atom. The molecule has 0 saturated heterocycles. The molecule has 1 heterocycles. The Morgan fingerprint density at radius 2 is 0.776 bits per heavy atom. The van der Waals surface area contributed by atoms with Crippen molar-refractivity contribution in [2.45, 2.75) is 47.0 Å². The maximum atomic E-state index is 2.49. The summed E-state index contributed by atoms with van der Waals surface area (Å²) in [5, 5.41) is 2.51. The van der Waals surface area contributed by atoms with Gasteiger partial charge in [0, 0.05) is 56.0 Å². The van der Waals surface area contributed by atoms with Gasteiger partial charge in [0.1, 0.15) is 0 Å². The van der Waals surface area contributed by atoms with Crippen molar-refractivity contribution >= 4 is 55.9 Å². The van der Waals surface area contributed by atoms with E-state index < -0.39 is 0 Å². The van der Waals surface area contributed by atoms with Crippen LogP contribution in [0.15, 0.2) is 176 Å². The number of hydrogen-bond donors (Lipinski definition) is 0. The summed E-state index contributed by atoms with van der Waals surface area (Å²) in [6.07, 6.45) is 0. The first kappa shape index (κ1) is 35.6. The Balaban J connectivity index is 1.16. The lowest BCUT2D eigenvalue weighted by Crippen LogP contribution is -2.16. The molecule has 0 bridgehead atoms. The van der Waals surface area contributed by atoms with Gasteiger partial charge in [0.25, 0.3) is 0 Å². The van der Waals surface area contributed by atoms with E-state index in [0.29, 0.717) is 0 Å². The number of para-hydroxylation sites is 1. The van der Waals surface area contributed by atoms with Crippen molar-refractivity contribution in [3.8, 4) is 16.8 Å².